The molecule has 1 atom stereocenters. The van der Waals surface area contributed by atoms with Crippen molar-refractivity contribution >= 4 is 27.2 Å². The Morgan fingerprint density at radius 1 is 1.40 bits per heavy atom. The van der Waals surface area contributed by atoms with E-state index in [-0.39, 0.29) is 0 Å². The van der Waals surface area contributed by atoms with Gasteiger partial charge in [0.1, 0.15) is 5.82 Å². The quantitative estimate of drug-likeness (QED) is 0.937. The van der Waals surface area contributed by atoms with Crippen molar-refractivity contribution in [2.45, 2.75) is 24.9 Å². The van der Waals surface area contributed by atoms with Gasteiger partial charge in [0.05, 0.1) is 19.3 Å². The Morgan fingerprint density at radius 2 is 2.35 bits per heavy atom. The highest BCUT2D eigenvalue weighted by Crippen LogP contribution is 2.30. The maximum Gasteiger partial charge on any atom is 0.137 e. The maximum absolute atomic E-state index is 5.67. The summed E-state index contributed by atoms with van der Waals surface area (Å²) in [5.74, 6) is 1.12. The van der Waals surface area contributed by atoms with Gasteiger partial charge in [-0.1, -0.05) is 0 Å². The lowest BCUT2D eigenvalue weighted by atomic mass is 10.2. The van der Waals surface area contributed by atoms with E-state index in [4.69, 9.17) is 4.74 Å². The first-order chi connectivity index (χ1) is 9.92. The van der Waals surface area contributed by atoms with Crippen LogP contribution in [0.1, 0.15) is 12.8 Å². The average molecular weight is 289 g/mol. The lowest BCUT2D eigenvalue weighted by molar-refractivity contribution is 0.0934. The van der Waals surface area contributed by atoms with E-state index in [1.54, 1.807) is 11.3 Å². The second kappa shape index (κ2) is 5.31. The number of morpholine rings is 1. The molecule has 0 radical (unpaired) electrons. The molecular weight excluding hydrogens is 270 g/mol. The van der Waals surface area contributed by atoms with Crippen LogP contribution < -0.4 is 10.2 Å². The van der Waals surface area contributed by atoms with E-state index in [1.807, 2.05) is 6.20 Å². The maximum atomic E-state index is 5.67. The lowest BCUT2D eigenvalue weighted by Crippen LogP contribution is -2.51. The van der Waals surface area contributed by atoms with Gasteiger partial charge in [0, 0.05) is 35.4 Å². The molecule has 0 bridgehead atoms. The van der Waals surface area contributed by atoms with E-state index >= 15 is 0 Å². The molecule has 4 nitrogen and oxygen atoms in total. The first kappa shape index (κ1) is 12.6. The lowest BCUT2D eigenvalue weighted by Gasteiger charge is -2.37. The van der Waals surface area contributed by atoms with Gasteiger partial charge in [-0.05, 0) is 30.4 Å². The van der Waals surface area contributed by atoms with E-state index < -0.39 is 0 Å². The van der Waals surface area contributed by atoms with Gasteiger partial charge in [0.15, 0.2) is 0 Å². The number of pyridine rings is 1. The zero-order valence-corrected chi connectivity index (χ0v) is 12.2. The fraction of sp³-hybridized carbons (Fsp3) is 0.533. The number of nitrogens with zero attached hydrogens (tertiary/aromatic N) is 2. The number of rotatable bonds is 4. The van der Waals surface area contributed by atoms with E-state index in [0.717, 1.165) is 38.2 Å². The molecule has 2 aromatic heterocycles. The molecule has 1 N–H and O–H groups in total. The minimum atomic E-state index is 0.391. The molecule has 2 aromatic rings. The molecule has 3 heterocycles. The summed E-state index contributed by atoms with van der Waals surface area (Å²) in [4.78, 5) is 7.07. The predicted octanol–water partition coefficient (Wildman–Crippen LogP) is 2.25. The van der Waals surface area contributed by atoms with Crippen molar-refractivity contribution in [3.05, 3.63) is 23.7 Å². The summed E-state index contributed by atoms with van der Waals surface area (Å²) in [6.07, 6.45) is 4.58. The fourth-order valence-electron chi connectivity index (χ4n) is 2.80. The molecule has 5 heteroatoms. The van der Waals surface area contributed by atoms with E-state index in [9.17, 15) is 0 Å². The van der Waals surface area contributed by atoms with E-state index in [0.29, 0.717) is 6.04 Å². The molecule has 1 aliphatic carbocycles. The Balaban J connectivity index is 1.61. The Bertz CT molecular complexity index is 596. The zero-order valence-electron chi connectivity index (χ0n) is 11.4. The number of fused-ring (bicyclic) bond motifs is 1. The largest absolute Gasteiger partial charge is 0.377 e. The van der Waals surface area contributed by atoms with Crippen molar-refractivity contribution in [1.29, 1.82) is 0 Å². The van der Waals surface area contributed by atoms with Crippen LogP contribution in [0.5, 0.6) is 0 Å². The van der Waals surface area contributed by atoms with Crippen LogP contribution >= 0.6 is 11.3 Å². The molecule has 1 saturated carbocycles. The Hall–Kier alpha value is -1.17. The molecule has 2 fully saturated rings. The molecule has 106 valence electrons. The summed E-state index contributed by atoms with van der Waals surface area (Å²) in [7, 11) is 0. The van der Waals surface area contributed by atoms with Crippen LogP contribution in [0, 0.1) is 0 Å². The number of hydrogen-bond acceptors (Lipinski definition) is 5. The van der Waals surface area contributed by atoms with Crippen LogP contribution in [-0.4, -0.2) is 43.4 Å². The van der Waals surface area contributed by atoms with Crippen LogP contribution in [0.2, 0.25) is 0 Å². The summed E-state index contributed by atoms with van der Waals surface area (Å²) in [5.41, 5.74) is 0. The van der Waals surface area contributed by atoms with Crippen molar-refractivity contribution in [3.8, 4) is 0 Å². The minimum absolute atomic E-state index is 0.391. The van der Waals surface area contributed by atoms with Crippen LogP contribution in [-0.2, 0) is 4.74 Å². The molecule has 20 heavy (non-hydrogen) atoms. The molecule has 1 unspecified atom stereocenters. The van der Waals surface area contributed by atoms with Crippen molar-refractivity contribution in [2.75, 3.05) is 31.2 Å². The smallest absolute Gasteiger partial charge is 0.137 e. The van der Waals surface area contributed by atoms with Gasteiger partial charge < -0.3 is 15.0 Å². The van der Waals surface area contributed by atoms with Crippen LogP contribution in [0.25, 0.3) is 10.1 Å². The highest BCUT2D eigenvalue weighted by Gasteiger charge is 2.28. The van der Waals surface area contributed by atoms with Gasteiger partial charge in [-0.15, -0.1) is 11.3 Å². The van der Waals surface area contributed by atoms with Crippen molar-refractivity contribution in [2.24, 2.45) is 0 Å². The number of ether oxygens (including phenoxy) is 1. The predicted molar refractivity (Wildman–Crippen MR) is 82.6 cm³/mol. The number of nitrogens with one attached hydrogen (secondary N) is 1. The highest BCUT2D eigenvalue weighted by molar-refractivity contribution is 7.17. The number of aromatic nitrogens is 1. The van der Waals surface area contributed by atoms with Gasteiger partial charge >= 0.3 is 0 Å². The molecular formula is C15H19N3OS. The molecule has 2 aliphatic rings. The fourth-order valence-corrected chi connectivity index (χ4v) is 3.58. The zero-order chi connectivity index (χ0) is 13.4. The average Bonchev–Trinajstić information content (AvgIpc) is 3.20. The van der Waals surface area contributed by atoms with Gasteiger partial charge in [0.2, 0.25) is 0 Å². The van der Waals surface area contributed by atoms with Crippen LogP contribution in [0.4, 0.5) is 5.82 Å². The number of thiophene rings is 1. The Labute approximate surface area is 122 Å². The van der Waals surface area contributed by atoms with Gasteiger partial charge in [-0.3, -0.25) is 0 Å². The molecule has 0 amide bonds. The molecule has 4 rings (SSSR count). The summed E-state index contributed by atoms with van der Waals surface area (Å²) >= 11 is 1.78. The summed E-state index contributed by atoms with van der Waals surface area (Å²) in [6, 6.07) is 5.41. The molecule has 0 aromatic carbocycles. The highest BCUT2D eigenvalue weighted by atomic mass is 32.1. The Kier molecular flexibility index (Phi) is 3.34. The summed E-state index contributed by atoms with van der Waals surface area (Å²) in [6.45, 7) is 3.51. The molecule has 0 spiro atoms. The van der Waals surface area contributed by atoms with Crippen molar-refractivity contribution < 1.29 is 4.74 Å². The second-order valence-electron chi connectivity index (χ2n) is 5.57. The number of hydrogen-bond donors (Lipinski definition) is 1. The van der Waals surface area contributed by atoms with E-state index in [2.05, 4.69) is 32.7 Å². The summed E-state index contributed by atoms with van der Waals surface area (Å²) in [5, 5.41) is 7.04. The van der Waals surface area contributed by atoms with Crippen molar-refractivity contribution in [1.82, 2.24) is 10.3 Å². The van der Waals surface area contributed by atoms with E-state index in [1.165, 1.54) is 22.9 Å². The Morgan fingerprint density at radius 3 is 3.25 bits per heavy atom. The SMILES string of the molecule is c1cc2sccc2c(N2CCOCC2CNC2CC2)n1. The second-order valence-corrected chi connectivity index (χ2v) is 6.52. The van der Waals surface area contributed by atoms with Gasteiger partial charge in [-0.2, -0.15) is 0 Å². The summed E-state index contributed by atoms with van der Waals surface area (Å²) < 4.78 is 6.99. The standard InChI is InChI=1S/C15H19N3OS/c1-2-11(1)17-9-12-10-19-7-6-18(12)15-13-4-8-20-14(13)3-5-16-15/h3-5,8,11-12,17H,1-2,6-7,9-10H2. The number of anilines is 1. The minimum Gasteiger partial charge on any atom is -0.377 e. The molecule has 1 aliphatic heterocycles. The van der Waals surface area contributed by atoms with Crippen LogP contribution in [0.3, 0.4) is 0 Å². The van der Waals surface area contributed by atoms with Crippen molar-refractivity contribution in [3.63, 3.8) is 0 Å². The topological polar surface area (TPSA) is 37.4 Å². The third-order valence-electron chi connectivity index (χ3n) is 4.08. The van der Waals surface area contributed by atoms with Gasteiger partial charge in [0.25, 0.3) is 0 Å². The van der Waals surface area contributed by atoms with Gasteiger partial charge in [-0.25, -0.2) is 4.98 Å². The van der Waals surface area contributed by atoms with Crippen LogP contribution in [0.15, 0.2) is 23.7 Å². The first-order valence-corrected chi connectivity index (χ1v) is 8.20. The third-order valence-corrected chi connectivity index (χ3v) is 4.96. The first-order valence-electron chi connectivity index (χ1n) is 7.32. The monoisotopic (exact) mass is 289 g/mol. The molecule has 1 saturated heterocycles. The third kappa shape index (κ3) is 2.41. The normalized spacial score (nSPS) is 23.4.